The summed E-state index contributed by atoms with van der Waals surface area (Å²) in [6.45, 7) is -0.0973. The summed E-state index contributed by atoms with van der Waals surface area (Å²) >= 11 is 0. The topological polar surface area (TPSA) is 84.2 Å². The number of nitrogens with one attached hydrogen (secondary N) is 2. The molecule has 6 heteroatoms. The number of imide groups is 1. The van der Waals surface area contributed by atoms with Crippen LogP contribution in [0, 0.1) is 5.82 Å². The molecule has 0 fully saturated rings. The molecule has 0 heterocycles. The average Bonchev–Trinajstić information content (AvgIpc) is 2.49. The summed E-state index contributed by atoms with van der Waals surface area (Å²) in [5, 5.41) is 5.02. The van der Waals surface area contributed by atoms with Crippen molar-refractivity contribution < 1.29 is 14.0 Å². The second-order valence-electron chi connectivity index (χ2n) is 4.69. The van der Waals surface area contributed by atoms with E-state index in [1.165, 1.54) is 12.1 Å². The van der Waals surface area contributed by atoms with E-state index in [1.807, 2.05) is 35.6 Å². The van der Waals surface area contributed by atoms with Crippen LogP contribution in [0.3, 0.4) is 0 Å². The molecule has 0 aliphatic heterocycles. The van der Waals surface area contributed by atoms with E-state index in [4.69, 9.17) is 5.73 Å². The van der Waals surface area contributed by atoms with Crippen LogP contribution in [0.5, 0.6) is 0 Å². The van der Waals surface area contributed by atoms with Gasteiger partial charge in [-0.1, -0.05) is 42.5 Å². The molecule has 3 amide bonds. The molecule has 1 atom stereocenters. The molecule has 0 radical (unpaired) electrons. The molecular formula is C16H16FN3O2. The van der Waals surface area contributed by atoms with E-state index < -0.39 is 11.9 Å². The number of nitrogens with two attached hydrogens (primary N) is 1. The summed E-state index contributed by atoms with van der Waals surface area (Å²) < 4.78 is 13.1. The summed E-state index contributed by atoms with van der Waals surface area (Å²) in [7, 11) is 0. The SMILES string of the molecule is NC(=O)NC(=O)CN[C@H](c1ccccc1)c1ccc(F)cc1. The smallest absolute Gasteiger partial charge is 0.318 e. The molecule has 0 aliphatic carbocycles. The van der Waals surface area contributed by atoms with E-state index >= 15 is 0 Å². The fourth-order valence-electron chi connectivity index (χ4n) is 2.11. The van der Waals surface area contributed by atoms with Crippen LogP contribution in [0.15, 0.2) is 54.6 Å². The van der Waals surface area contributed by atoms with Gasteiger partial charge >= 0.3 is 6.03 Å². The van der Waals surface area contributed by atoms with Crippen LogP contribution in [-0.2, 0) is 4.79 Å². The number of halogens is 1. The molecular weight excluding hydrogens is 285 g/mol. The Hall–Kier alpha value is -2.73. The minimum Gasteiger partial charge on any atom is -0.351 e. The predicted octanol–water partition coefficient (Wildman–Crippen LogP) is 1.70. The van der Waals surface area contributed by atoms with Gasteiger partial charge in [-0.05, 0) is 23.3 Å². The number of hydrogen-bond donors (Lipinski definition) is 3. The van der Waals surface area contributed by atoms with Crippen LogP contribution in [0.25, 0.3) is 0 Å². The summed E-state index contributed by atoms with van der Waals surface area (Å²) in [6, 6.07) is 14.2. The number of primary amides is 1. The normalized spacial score (nSPS) is 11.7. The summed E-state index contributed by atoms with van der Waals surface area (Å²) in [5.41, 5.74) is 6.62. The van der Waals surface area contributed by atoms with Crippen LogP contribution < -0.4 is 16.4 Å². The Morgan fingerprint density at radius 1 is 1.00 bits per heavy atom. The van der Waals surface area contributed by atoms with Crippen molar-refractivity contribution in [1.82, 2.24) is 10.6 Å². The van der Waals surface area contributed by atoms with Gasteiger partial charge in [-0.25, -0.2) is 9.18 Å². The number of rotatable bonds is 5. The van der Waals surface area contributed by atoms with Gasteiger partial charge in [0.15, 0.2) is 0 Å². The van der Waals surface area contributed by atoms with Gasteiger partial charge in [-0.15, -0.1) is 0 Å². The molecule has 0 aliphatic rings. The maximum atomic E-state index is 13.1. The number of amides is 3. The first-order valence-corrected chi connectivity index (χ1v) is 6.69. The predicted molar refractivity (Wildman–Crippen MR) is 80.4 cm³/mol. The maximum absolute atomic E-state index is 13.1. The van der Waals surface area contributed by atoms with E-state index in [0.29, 0.717) is 0 Å². The molecule has 0 aromatic heterocycles. The Morgan fingerprint density at radius 2 is 1.59 bits per heavy atom. The van der Waals surface area contributed by atoms with Gasteiger partial charge in [0, 0.05) is 0 Å². The Bertz CT molecular complexity index is 644. The molecule has 0 unspecified atom stereocenters. The largest absolute Gasteiger partial charge is 0.351 e. The fraction of sp³-hybridized carbons (Fsp3) is 0.125. The van der Waals surface area contributed by atoms with Crippen molar-refractivity contribution in [2.75, 3.05) is 6.54 Å². The highest BCUT2D eigenvalue weighted by molar-refractivity contribution is 5.94. The Morgan fingerprint density at radius 3 is 2.18 bits per heavy atom. The van der Waals surface area contributed by atoms with Crippen LogP contribution in [0.1, 0.15) is 17.2 Å². The molecule has 2 aromatic rings. The molecule has 5 nitrogen and oxygen atoms in total. The maximum Gasteiger partial charge on any atom is 0.318 e. The molecule has 2 aromatic carbocycles. The van der Waals surface area contributed by atoms with Crippen molar-refractivity contribution in [3.05, 3.63) is 71.5 Å². The number of carbonyl (C=O) groups excluding carboxylic acids is 2. The minimum atomic E-state index is -0.898. The summed E-state index contributed by atoms with van der Waals surface area (Å²) in [5.74, 6) is -0.863. The molecule has 0 saturated carbocycles. The van der Waals surface area contributed by atoms with Crippen molar-refractivity contribution in [2.45, 2.75) is 6.04 Å². The van der Waals surface area contributed by atoms with Gasteiger partial charge in [0.05, 0.1) is 12.6 Å². The zero-order valence-corrected chi connectivity index (χ0v) is 11.8. The van der Waals surface area contributed by atoms with Crippen molar-refractivity contribution in [3.8, 4) is 0 Å². The van der Waals surface area contributed by atoms with Crippen LogP contribution in [0.4, 0.5) is 9.18 Å². The van der Waals surface area contributed by atoms with Crippen molar-refractivity contribution in [2.24, 2.45) is 5.73 Å². The lowest BCUT2D eigenvalue weighted by Crippen LogP contribution is -2.41. The quantitative estimate of drug-likeness (QED) is 0.786. The van der Waals surface area contributed by atoms with Crippen LogP contribution in [-0.4, -0.2) is 18.5 Å². The number of urea groups is 1. The highest BCUT2D eigenvalue weighted by Crippen LogP contribution is 2.21. The van der Waals surface area contributed by atoms with E-state index in [9.17, 15) is 14.0 Å². The number of hydrogen-bond acceptors (Lipinski definition) is 3. The van der Waals surface area contributed by atoms with Gasteiger partial charge in [-0.2, -0.15) is 0 Å². The Labute approximate surface area is 127 Å². The average molecular weight is 301 g/mol. The lowest BCUT2D eigenvalue weighted by Gasteiger charge is -2.19. The highest BCUT2D eigenvalue weighted by atomic mass is 19.1. The van der Waals surface area contributed by atoms with Crippen molar-refractivity contribution >= 4 is 11.9 Å². The lowest BCUT2D eigenvalue weighted by molar-refractivity contribution is -0.119. The first kappa shape index (κ1) is 15.7. The molecule has 4 N–H and O–H groups in total. The lowest BCUT2D eigenvalue weighted by atomic mass is 9.98. The Kier molecular flexibility index (Phi) is 5.21. The molecule has 0 bridgehead atoms. The second-order valence-corrected chi connectivity index (χ2v) is 4.69. The molecule has 22 heavy (non-hydrogen) atoms. The van der Waals surface area contributed by atoms with Crippen LogP contribution >= 0.6 is 0 Å². The van der Waals surface area contributed by atoms with Gasteiger partial charge < -0.3 is 5.73 Å². The van der Waals surface area contributed by atoms with E-state index in [-0.39, 0.29) is 18.4 Å². The molecule has 0 saturated heterocycles. The molecule has 114 valence electrons. The molecule has 0 spiro atoms. The van der Waals surface area contributed by atoms with Gasteiger partial charge in [-0.3, -0.25) is 15.4 Å². The van der Waals surface area contributed by atoms with E-state index in [2.05, 4.69) is 5.32 Å². The highest BCUT2D eigenvalue weighted by Gasteiger charge is 2.15. The minimum absolute atomic E-state index is 0.0973. The second kappa shape index (κ2) is 7.33. The van der Waals surface area contributed by atoms with Crippen molar-refractivity contribution in [1.29, 1.82) is 0 Å². The van der Waals surface area contributed by atoms with Gasteiger partial charge in [0.2, 0.25) is 5.91 Å². The van der Waals surface area contributed by atoms with Gasteiger partial charge in [0.1, 0.15) is 5.82 Å². The third-order valence-electron chi connectivity index (χ3n) is 3.07. The standard InChI is InChI=1S/C16H16FN3O2/c17-13-8-6-12(7-9-13)15(11-4-2-1-3-5-11)19-10-14(21)20-16(18)22/h1-9,15,19H,10H2,(H3,18,20,21,22)/t15-/m1/s1. The zero-order valence-electron chi connectivity index (χ0n) is 11.8. The molecule has 2 rings (SSSR count). The number of benzene rings is 2. The monoisotopic (exact) mass is 301 g/mol. The first-order valence-electron chi connectivity index (χ1n) is 6.69. The van der Waals surface area contributed by atoms with Gasteiger partial charge in [0.25, 0.3) is 0 Å². The fourth-order valence-corrected chi connectivity index (χ4v) is 2.11. The number of carbonyl (C=O) groups is 2. The third-order valence-corrected chi connectivity index (χ3v) is 3.07. The van der Waals surface area contributed by atoms with Crippen LogP contribution in [0.2, 0.25) is 0 Å². The third kappa shape index (κ3) is 4.39. The van der Waals surface area contributed by atoms with Crippen molar-refractivity contribution in [3.63, 3.8) is 0 Å². The zero-order chi connectivity index (χ0) is 15.9. The Balaban J connectivity index is 2.17. The first-order chi connectivity index (χ1) is 10.6. The summed E-state index contributed by atoms with van der Waals surface area (Å²) in [4.78, 5) is 22.2. The van der Waals surface area contributed by atoms with E-state index in [1.54, 1.807) is 12.1 Å². The summed E-state index contributed by atoms with van der Waals surface area (Å²) in [6.07, 6.45) is 0. The van der Waals surface area contributed by atoms with E-state index in [0.717, 1.165) is 11.1 Å².